The molecule has 1 aromatic carbocycles. The number of halogens is 1. The molecule has 3 nitrogen and oxygen atoms in total. The third kappa shape index (κ3) is 3.33. The molecular formula is C16H16FN3. The second-order valence-corrected chi connectivity index (χ2v) is 5.26. The molecule has 0 fully saturated rings. The second-order valence-electron chi connectivity index (χ2n) is 5.26. The van der Waals surface area contributed by atoms with Gasteiger partial charge in [0.2, 0.25) is 5.69 Å². The molecule has 0 aliphatic heterocycles. The Bertz CT molecular complexity index is 610. The lowest BCUT2D eigenvalue weighted by molar-refractivity contribution is 0.552. The summed E-state index contributed by atoms with van der Waals surface area (Å²) in [6.45, 7) is 11.7. The standard InChI is InChI=1S/C16H16FN3/c1-16(2,12-4-6-13(17)7-5-12)11-20-15-9-8-14(18-3)10-19-15/h4-10H,11H2,1-2H3,(H,19,20). The van der Waals surface area contributed by atoms with Gasteiger partial charge in [0.1, 0.15) is 11.6 Å². The Labute approximate surface area is 118 Å². The van der Waals surface area contributed by atoms with Crippen molar-refractivity contribution in [2.75, 3.05) is 11.9 Å². The van der Waals surface area contributed by atoms with E-state index in [1.165, 1.54) is 12.1 Å². The van der Waals surface area contributed by atoms with Crippen molar-refractivity contribution < 1.29 is 4.39 Å². The van der Waals surface area contributed by atoms with Gasteiger partial charge in [-0.1, -0.05) is 32.0 Å². The van der Waals surface area contributed by atoms with E-state index >= 15 is 0 Å². The van der Waals surface area contributed by atoms with Crippen molar-refractivity contribution in [1.82, 2.24) is 4.98 Å². The molecule has 1 N–H and O–H groups in total. The van der Waals surface area contributed by atoms with E-state index in [0.29, 0.717) is 12.2 Å². The summed E-state index contributed by atoms with van der Waals surface area (Å²) in [5.74, 6) is 0.501. The van der Waals surface area contributed by atoms with Crippen LogP contribution in [-0.2, 0) is 5.41 Å². The van der Waals surface area contributed by atoms with Crippen LogP contribution in [0.4, 0.5) is 15.9 Å². The molecule has 0 aliphatic rings. The summed E-state index contributed by atoms with van der Waals surface area (Å²) in [7, 11) is 0. The van der Waals surface area contributed by atoms with Crippen molar-refractivity contribution in [3.63, 3.8) is 0 Å². The molecule has 20 heavy (non-hydrogen) atoms. The van der Waals surface area contributed by atoms with Crippen LogP contribution in [0, 0.1) is 12.4 Å². The topological polar surface area (TPSA) is 29.3 Å². The molecule has 0 saturated carbocycles. The van der Waals surface area contributed by atoms with E-state index in [0.717, 1.165) is 11.4 Å². The number of rotatable bonds is 4. The maximum Gasteiger partial charge on any atom is 0.205 e. The minimum absolute atomic E-state index is 0.145. The average Bonchev–Trinajstić information content (AvgIpc) is 2.46. The van der Waals surface area contributed by atoms with Gasteiger partial charge in [0.05, 0.1) is 6.57 Å². The van der Waals surface area contributed by atoms with E-state index in [4.69, 9.17) is 6.57 Å². The molecule has 0 atom stereocenters. The molecule has 102 valence electrons. The Hall–Kier alpha value is -2.41. The number of aromatic nitrogens is 1. The Kier molecular flexibility index (Phi) is 3.99. The maximum atomic E-state index is 12.9. The maximum absolute atomic E-state index is 12.9. The number of benzene rings is 1. The number of hydrogen-bond acceptors (Lipinski definition) is 2. The minimum atomic E-state index is -0.228. The molecule has 0 saturated heterocycles. The third-order valence-corrected chi connectivity index (χ3v) is 3.21. The van der Waals surface area contributed by atoms with Gasteiger partial charge in [0.15, 0.2) is 0 Å². The fourth-order valence-corrected chi connectivity index (χ4v) is 1.87. The molecule has 0 unspecified atom stereocenters. The van der Waals surface area contributed by atoms with Crippen LogP contribution in [0.5, 0.6) is 0 Å². The average molecular weight is 269 g/mol. The lowest BCUT2D eigenvalue weighted by Gasteiger charge is -2.26. The first-order chi connectivity index (χ1) is 9.51. The number of hydrogen-bond donors (Lipinski definition) is 1. The Morgan fingerprint density at radius 3 is 2.45 bits per heavy atom. The Balaban J connectivity index is 2.04. The van der Waals surface area contributed by atoms with Crippen molar-refractivity contribution in [3.8, 4) is 0 Å². The largest absolute Gasteiger partial charge is 0.369 e. The smallest absolute Gasteiger partial charge is 0.205 e. The van der Waals surface area contributed by atoms with Gasteiger partial charge in [0.25, 0.3) is 0 Å². The van der Waals surface area contributed by atoms with Gasteiger partial charge < -0.3 is 5.32 Å². The first kappa shape index (κ1) is 14.0. The van der Waals surface area contributed by atoms with E-state index in [-0.39, 0.29) is 11.2 Å². The lowest BCUT2D eigenvalue weighted by atomic mass is 9.84. The first-order valence-electron chi connectivity index (χ1n) is 6.35. The lowest BCUT2D eigenvalue weighted by Crippen LogP contribution is -2.27. The zero-order chi connectivity index (χ0) is 14.6. The van der Waals surface area contributed by atoms with Crippen LogP contribution in [0.2, 0.25) is 0 Å². The highest BCUT2D eigenvalue weighted by atomic mass is 19.1. The van der Waals surface area contributed by atoms with E-state index in [9.17, 15) is 4.39 Å². The van der Waals surface area contributed by atoms with Crippen LogP contribution in [-0.4, -0.2) is 11.5 Å². The van der Waals surface area contributed by atoms with E-state index in [1.807, 2.05) is 0 Å². The molecule has 2 aromatic rings. The van der Waals surface area contributed by atoms with Crippen LogP contribution >= 0.6 is 0 Å². The molecule has 2 rings (SSSR count). The summed E-state index contributed by atoms with van der Waals surface area (Å²) < 4.78 is 12.9. The summed E-state index contributed by atoms with van der Waals surface area (Å²) in [5.41, 5.74) is 1.44. The minimum Gasteiger partial charge on any atom is -0.369 e. The van der Waals surface area contributed by atoms with Gasteiger partial charge in [-0.3, -0.25) is 4.98 Å². The van der Waals surface area contributed by atoms with Gasteiger partial charge in [-0.05, 0) is 23.8 Å². The van der Waals surface area contributed by atoms with Crippen LogP contribution in [0.3, 0.4) is 0 Å². The summed E-state index contributed by atoms with van der Waals surface area (Å²) in [4.78, 5) is 7.48. The fraction of sp³-hybridized carbons (Fsp3) is 0.250. The van der Waals surface area contributed by atoms with E-state index < -0.39 is 0 Å². The SMILES string of the molecule is [C-]#[N+]c1ccc(NCC(C)(C)c2ccc(F)cc2)nc1. The second kappa shape index (κ2) is 5.70. The molecular weight excluding hydrogens is 253 g/mol. The van der Waals surface area contributed by atoms with E-state index in [2.05, 4.69) is 29.0 Å². The zero-order valence-electron chi connectivity index (χ0n) is 11.5. The van der Waals surface area contributed by atoms with Crippen LogP contribution in [0.15, 0.2) is 42.6 Å². The number of nitrogens with one attached hydrogen (secondary N) is 1. The van der Waals surface area contributed by atoms with Crippen molar-refractivity contribution in [3.05, 3.63) is 65.4 Å². The van der Waals surface area contributed by atoms with Crippen molar-refractivity contribution in [2.24, 2.45) is 0 Å². The highest BCUT2D eigenvalue weighted by Crippen LogP contribution is 2.24. The molecule has 0 spiro atoms. The molecule has 0 aliphatic carbocycles. The highest BCUT2D eigenvalue weighted by Gasteiger charge is 2.20. The summed E-state index contributed by atoms with van der Waals surface area (Å²) >= 11 is 0. The first-order valence-corrected chi connectivity index (χ1v) is 6.35. The summed E-state index contributed by atoms with van der Waals surface area (Å²) in [5, 5.41) is 3.24. The van der Waals surface area contributed by atoms with Crippen LogP contribution < -0.4 is 5.32 Å². The van der Waals surface area contributed by atoms with Gasteiger partial charge in [0, 0.05) is 18.2 Å². The highest BCUT2D eigenvalue weighted by molar-refractivity contribution is 5.48. The van der Waals surface area contributed by atoms with Gasteiger partial charge in [-0.25, -0.2) is 9.24 Å². The fourth-order valence-electron chi connectivity index (χ4n) is 1.87. The quantitative estimate of drug-likeness (QED) is 0.844. The Morgan fingerprint density at radius 2 is 1.90 bits per heavy atom. The predicted molar refractivity (Wildman–Crippen MR) is 78.4 cm³/mol. The number of pyridine rings is 1. The normalized spacial score (nSPS) is 10.9. The molecule has 0 radical (unpaired) electrons. The monoisotopic (exact) mass is 269 g/mol. The van der Waals surface area contributed by atoms with Gasteiger partial charge in [-0.15, -0.1) is 0 Å². The van der Waals surface area contributed by atoms with Crippen molar-refractivity contribution in [2.45, 2.75) is 19.3 Å². The molecule has 4 heteroatoms. The van der Waals surface area contributed by atoms with Gasteiger partial charge >= 0.3 is 0 Å². The summed E-state index contributed by atoms with van der Waals surface area (Å²) in [6.07, 6.45) is 1.54. The summed E-state index contributed by atoms with van der Waals surface area (Å²) in [6, 6.07) is 10.1. The van der Waals surface area contributed by atoms with E-state index in [1.54, 1.807) is 30.5 Å². The zero-order valence-corrected chi connectivity index (χ0v) is 11.5. The molecule has 1 aromatic heterocycles. The number of nitrogens with zero attached hydrogens (tertiary/aromatic N) is 2. The third-order valence-electron chi connectivity index (χ3n) is 3.21. The van der Waals surface area contributed by atoms with Crippen LogP contribution in [0.25, 0.3) is 4.85 Å². The van der Waals surface area contributed by atoms with Crippen molar-refractivity contribution >= 4 is 11.5 Å². The van der Waals surface area contributed by atoms with Crippen LogP contribution in [0.1, 0.15) is 19.4 Å². The van der Waals surface area contributed by atoms with Crippen molar-refractivity contribution in [1.29, 1.82) is 0 Å². The molecule has 1 heterocycles. The Morgan fingerprint density at radius 1 is 1.20 bits per heavy atom. The number of anilines is 1. The molecule has 0 amide bonds. The molecule has 0 bridgehead atoms. The van der Waals surface area contributed by atoms with Gasteiger partial charge in [-0.2, -0.15) is 0 Å². The predicted octanol–water partition coefficient (Wildman–Crippen LogP) is 4.16.